The summed E-state index contributed by atoms with van der Waals surface area (Å²) in [5.41, 5.74) is 2.69. The Balaban J connectivity index is 1.57. The van der Waals surface area contributed by atoms with Gasteiger partial charge in [0.05, 0.1) is 6.42 Å². The van der Waals surface area contributed by atoms with Gasteiger partial charge in [-0.25, -0.2) is 0 Å². The van der Waals surface area contributed by atoms with Crippen LogP contribution < -0.4 is 4.90 Å². The molecular weight excluding hydrogens is 316 g/mol. The SMILES string of the molecule is CN(C)c1cccc(C(=O)N2CCN(C(=O)Cc3cc[nH]c3)CC2)c1. The molecule has 0 saturated carbocycles. The molecule has 6 nitrogen and oxygen atoms in total. The van der Waals surface area contributed by atoms with E-state index in [1.807, 2.05) is 71.5 Å². The minimum absolute atomic E-state index is 0.0291. The highest BCUT2D eigenvalue weighted by Crippen LogP contribution is 2.16. The molecule has 6 heteroatoms. The molecule has 1 aromatic heterocycles. The number of amides is 2. The Morgan fingerprint density at radius 2 is 1.80 bits per heavy atom. The van der Waals surface area contributed by atoms with E-state index in [4.69, 9.17) is 0 Å². The first-order valence-corrected chi connectivity index (χ1v) is 8.50. The maximum atomic E-state index is 12.7. The van der Waals surface area contributed by atoms with Gasteiger partial charge in [0.1, 0.15) is 0 Å². The second-order valence-electron chi connectivity index (χ2n) is 6.51. The van der Waals surface area contributed by atoms with Crippen molar-refractivity contribution in [3.63, 3.8) is 0 Å². The van der Waals surface area contributed by atoms with Crippen molar-refractivity contribution in [1.82, 2.24) is 14.8 Å². The van der Waals surface area contributed by atoms with Crippen LogP contribution in [0.5, 0.6) is 0 Å². The first-order valence-electron chi connectivity index (χ1n) is 8.50. The van der Waals surface area contributed by atoms with Crippen molar-refractivity contribution in [2.75, 3.05) is 45.2 Å². The number of nitrogens with one attached hydrogen (secondary N) is 1. The first-order chi connectivity index (χ1) is 12.0. The standard InChI is InChI=1S/C19H24N4O2/c1-21(2)17-5-3-4-16(13-17)19(25)23-10-8-22(9-11-23)18(24)12-15-6-7-20-14-15/h3-7,13-14,20H,8-12H2,1-2H3. The van der Waals surface area contributed by atoms with Crippen molar-refractivity contribution in [3.8, 4) is 0 Å². The molecule has 1 fully saturated rings. The molecule has 0 bridgehead atoms. The highest BCUT2D eigenvalue weighted by Gasteiger charge is 2.25. The second-order valence-corrected chi connectivity index (χ2v) is 6.51. The summed E-state index contributed by atoms with van der Waals surface area (Å²) in [6, 6.07) is 9.55. The molecule has 132 valence electrons. The van der Waals surface area contributed by atoms with E-state index in [9.17, 15) is 9.59 Å². The number of aromatic amines is 1. The topological polar surface area (TPSA) is 59.7 Å². The first kappa shape index (κ1) is 17.1. The molecule has 2 heterocycles. The molecule has 0 atom stereocenters. The molecular formula is C19H24N4O2. The van der Waals surface area contributed by atoms with Crippen LogP contribution >= 0.6 is 0 Å². The Labute approximate surface area is 148 Å². The number of hydrogen-bond donors (Lipinski definition) is 1. The molecule has 1 aromatic carbocycles. The van der Waals surface area contributed by atoms with E-state index < -0.39 is 0 Å². The molecule has 1 aliphatic rings. The lowest BCUT2D eigenvalue weighted by Gasteiger charge is -2.35. The van der Waals surface area contributed by atoms with Crippen LogP contribution in [0.3, 0.4) is 0 Å². The van der Waals surface area contributed by atoms with Crippen LogP contribution in [0.2, 0.25) is 0 Å². The Kier molecular flexibility index (Phi) is 5.07. The molecule has 3 rings (SSSR count). The van der Waals surface area contributed by atoms with Crippen molar-refractivity contribution < 1.29 is 9.59 Å². The molecule has 1 aliphatic heterocycles. The van der Waals surface area contributed by atoms with Crippen LogP contribution in [0.15, 0.2) is 42.7 Å². The van der Waals surface area contributed by atoms with Gasteiger partial charge in [-0.3, -0.25) is 9.59 Å². The fourth-order valence-electron chi connectivity index (χ4n) is 3.01. The van der Waals surface area contributed by atoms with E-state index in [-0.39, 0.29) is 11.8 Å². The molecule has 0 unspecified atom stereocenters. The molecule has 0 aliphatic carbocycles. The van der Waals surface area contributed by atoms with E-state index in [1.165, 1.54) is 0 Å². The number of piperazine rings is 1. The zero-order valence-corrected chi connectivity index (χ0v) is 14.7. The molecule has 0 radical (unpaired) electrons. The summed E-state index contributed by atoms with van der Waals surface area (Å²) in [5, 5.41) is 0. The average molecular weight is 340 g/mol. The minimum Gasteiger partial charge on any atom is -0.378 e. The molecule has 1 N–H and O–H groups in total. The third kappa shape index (κ3) is 4.02. The van der Waals surface area contributed by atoms with E-state index in [0.717, 1.165) is 11.3 Å². The van der Waals surface area contributed by atoms with Crippen molar-refractivity contribution in [2.24, 2.45) is 0 Å². The third-order valence-corrected chi connectivity index (χ3v) is 4.55. The zero-order chi connectivity index (χ0) is 17.8. The second kappa shape index (κ2) is 7.42. The van der Waals surface area contributed by atoms with E-state index in [1.54, 1.807) is 0 Å². The Morgan fingerprint density at radius 1 is 1.08 bits per heavy atom. The highest BCUT2D eigenvalue weighted by molar-refractivity contribution is 5.95. The van der Waals surface area contributed by atoms with Crippen LogP contribution in [0.25, 0.3) is 0 Å². The summed E-state index contributed by atoms with van der Waals surface area (Å²) in [7, 11) is 3.91. The van der Waals surface area contributed by atoms with E-state index in [0.29, 0.717) is 38.2 Å². The van der Waals surface area contributed by atoms with Crippen LogP contribution in [-0.2, 0) is 11.2 Å². The summed E-state index contributed by atoms with van der Waals surface area (Å²) in [4.78, 5) is 33.7. The number of H-pyrrole nitrogens is 1. The summed E-state index contributed by atoms with van der Waals surface area (Å²) in [5.74, 6) is 0.141. The fraction of sp³-hybridized carbons (Fsp3) is 0.368. The lowest BCUT2D eigenvalue weighted by molar-refractivity contribution is -0.131. The number of carbonyl (C=O) groups excluding carboxylic acids is 2. The van der Waals surface area contributed by atoms with Crippen molar-refractivity contribution >= 4 is 17.5 Å². The summed E-state index contributed by atoms with van der Waals surface area (Å²) < 4.78 is 0. The van der Waals surface area contributed by atoms with Gasteiger partial charge in [0.15, 0.2) is 0 Å². The van der Waals surface area contributed by atoms with Crippen LogP contribution in [0.1, 0.15) is 15.9 Å². The maximum Gasteiger partial charge on any atom is 0.254 e. The zero-order valence-electron chi connectivity index (χ0n) is 14.7. The summed E-state index contributed by atoms with van der Waals surface area (Å²) in [6.45, 7) is 2.32. The number of rotatable bonds is 4. The largest absolute Gasteiger partial charge is 0.378 e. The van der Waals surface area contributed by atoms with Gasteiger partial charge in [0.2, 0.25) is 5.91 Å². The minimum atomic E-state index is 0.0291. The van der Waals surface area contributed by atoms with Crippen LogP contribution in [0, 0.1) is 0 Å². The number of nitrogens with zero attached hydrogens (tertiary/aromatic N) is 3. The average Bonchev–Trinajstić information content (AvgIpc) is 3.14. The molecule has 25 heavy (non-hydrogen) atoms. The predicted molar refractivity (Wildman–Crippen MR) is 97.7 cm³/mol. The number of aromatic nitrogens is 1. The van der Waals surface area contributed by atoms with Crippen molar-refractivity contribution in [1.29, 1.82) is 0 Å². The normalized spacial score (nSPS) is 14.5. The van der Waals surface area contributed by atoms with E-state index >= 15 is 0 Å². The molecule has 2 aromatic rings. The Morgan fingerprint density at radius 3 is 2.44 bits per heavy atom. The fourth-order valence-corrected chi connectivity index (χ4v) is 3.01. The lowest BCUT2D eigenvalue weighted by atomic mass is 10.1. The lowest BCUT2D eigenvalue weighted by Crippen LogP contribution is -2.51. The van der Waals surface area contributed by atoms with Gasteiger partial charge < -0.3 is 19.7 Å². The van der Waals surface area contributed by atoms with Crippen LogP contribution in [-0.4, -0.2) is 66.9 Å². The van der Waals surface area contributed by atoms with Gasteiger partial charge in [-0.2, -0.15) is 0 Å². The number of carbonyl (C=O) groups is 2. The summed E-state index contributed by atoms with van der Waals surface area (Å²) >= 11 is 0. The van der Waals surface area contributed by atoms with Gasteiger partial charge in [-0.15, -0.1) is 0 Å². The van der Waals surface area contributed by atoms with Crippen molar-refractivity contribution in [2.45, 2.75) is 6.42 Å². The molecule has 1 saturated heterocycles. The van der Waals surface area contributed by atoms with Crippen molar-refractivity contribution in [3.05, 3.63) is 53.9 Å². The Hall–Kier alpha value is -2.76. The quantitative estimate of drug-likeness (QED) is 0.920. The molecule has 2 amide bonds. The van der Waals surface area contributed by atoms with Gasteiger partial charge >= 0.3 is 0 Å². The smallest absolute Gasteiger partial charge is 0.254 e. The monoisotopic (exact) mass is 340 g/mol. The van der Waals surface area contributed by atoms with Gasteiger partial charge in [0.25, 0.3) is 5.91 Å². The third-order valence-electron chi connectivity index (χ3n) is 4.55. The van der Waals surface area contributed by atoms with Gasteiger partial charge in [0, 0.05) is 63.9 Å². The molecule has 0 spiro atoms. The Bertz CT molecular complexity index is 732. The number of anilines is 1. The maximum absolute atomic E-state index is 12.7. The summed E-state index contributed by atoms with van der Waals surface area (Å²) in [6.07, 6.45) is 4.07. The number of hydrogen-bond acceptors (Lipinski definition) is 3. The van der Waals surface area contributed by atoms with Gasteiger partial charge in [-0.1, -0.05) is 6.07 Å². The van der Waals surface area contributed by atoms with E-state index in [2.05, 4.69) is 4.98 Å². The highest BCUT2D eigenvalue weighted by atomic mass is 16.2. The van der Waals surface area contributed by atoms with Crippen LogP contribution in [0.4, 0.5) is 5.69 Å². The van der Waals surface area contributed by atoms with Gasteiger partial charge in [-0.05, 0) is 29.8 Å². The number of benzene rings is 1. The predicted octanol–water partition coefficient (Wildman–Crippen LogP) is 1.61.